The summed E-state index contributed by atoms with van der Waals surface area (Å²) in [5.41, 5.74) is 2.46. The second kappa shape index (κ2) is 9.59. The molecule has 7 nitrogen and oxygen atoms in total. The topological polar surface area (TPSA) is 104 Å². The summed E-state index contributed by atoms with van der Waals surface area (Å²) < 4.78 is 7.82. The lowest BCUT2D eigenvalue weighted by atomic mass is 9.83. The van der Waals surface area contributed by atoms with Gasteiger partial charge in [-0.1, -0.05) is 63.2 Å². The SMILES string of the molecule is Cn1c(C(=O)Nc2c(C(=O)O)cc(C#N)cc2C(C)(C)C)cc2cccc(OCc3ccccc3)c21. The molecule has 0 spiro atoms. The number of ether oxygens (including phenoxy) is 1. The first kappa shape index (κ1) is 24.6. The molecule has 0 atom stereocenters. The van der Waals surface area contributed by atoms with E-state index in [2.05, 4.69) is 5.32 Å². The average Bonchev–Trinajstić information content (AvgIpc) is 3.19. The molecule has 0 aliphatic heterocycles. The molecule has 0 unspecified atom stereocenters. The standard InChI is InChI=1S/C29H27N3O4/c1-29(2,3)22-14-19(16-30)13-21(28(34)35)25(22)31-27(33)23-15-20-11-8-12-24(26(20)32(23)4)36-17-18-9-6-5-7-10-18/h5-15H,17H2,1-4H3,(H,31,33)(H,34,35). The highest BCUT2D eigenvalue weighted by molar-refractivity contribution is 6.10. The van der Waals surface area contributed by atoms with Crippen LogP contribution in [0.2, 0.25) is 0 Å². The Balaban J connectivity index is 1.73. The molecule has 0 aliphatic carbocycles. The van der Waals surface area contributed by atoms with Gasteiger partial charge in [-0.15, -0.1) is 0 Å². The van der Waals surface area contributed by atoms with Crippen LogP contribution in [0.1, 0.15) is 58.3 Å². The summed E-state index contributed by atoms with van der Waals surface area (Å²) >= 11 is 0. The maximum Gasteiger partial charge on any atom is 0.337 e. The molecule has 4 aromatic rings. The summed E-state index contributed by atoms with van der Waals surface area (Å²) in [4.78, 5) is 25.5. The van der Waals surface area contributed by atoms with Crippen molar-refractivity contribution in [3.8, 4) is 11.8 Å². The van der Waals surface area contributed by atoms with Crippen molar-refractivity contribution in [1.82, 2.24) is 4.57 Å². The minimum absolute atomic E-state index is 0.127. The van der Waals surface area contributed by atoms with Crippen molar-refractivity contribution in [1.29, 1.82) is 5.26 Å². The molecule has 0 saturated carbocycles. The van der Waals surface area contributed by atoms with Crippen molar-refractivity contribution < 1.29 is 19.4 Å². The van der Waals surface area contributed by atoms with E-state index >= 15 is 0 Å². The number of rotatable bonds is 6. The largest absolute Gasteiger partial charge is 0.487 e. The number of carboxylic acids is 1. The van der Waals surface area contributed by atoms with Crippen molar-refractivity contribution in [2.24, 2.45) is 7.05 Å². The number of hydrogen-bond acceptors (Lipinski definition) is 4. The van der Waals surface area contributed by atoms with Crippen molar-refractivity contribution in [2.45, 2.75) is 32.8 Å². The van der Waals surface area contributed by atoms with Gasteiger partial charge in [-0.2, -0.15) is 5.26 Å². The number of amides is 1. The molecular formula is C29H27N3O4. The molecule has 0 radical (unpaired) electrons. The van der Waals surface area contributed by atoms with Crippen LogP contribution in [-0.2, 0) is 19.1 Å². The van der Waals surface area contributed by atoms with Crippen molar-refractivity contribution in [3.63, 3.8) is 0 Å². The van der Waals surface area contributed by atoms with Crippen LogP contribution < -0.4 is 10.1 Å². The van der Waals surface area contributed by atoms with Crippen molar-refractivity contribution in [2.75, 3.05) is 5.32 Å². The predicted octanol–water partition coefficient (Wildman–Crippen LogP) is 5.88. The highest BCUT2D eigenvalue weighted by atomic mass is 16.5. The Labute approximate surface area is 209 Å². The van der Waals surface area contributed by atoms with Crippen LogP contribution in [-0.4, -0.2) is 21.6 Å². The number of aryl methyl sites for hydroxylation is 1. The van der Waals surface area contributed by atoms with Gasteiger partial charge in [-0.05, 0) is 40.8 Å². The number of anilines is 1. The number of aromatic carboxylic acids is 1. The predicted molar refractivity (Wildman–Crippen MR) is 138 cm³/mol. The zero-order valence-corrected chi connectivity index (χ0v) is 20.6. The fourth-order valence-corrected chi connectivity index (χ4v) is 4.23. The number of benzene rings is 3. The molecule has 1 aromatic heterocycles. The van der Waals surface area contributed by atoms with Gasteiger partial charge in [0.1, 0.15) is 18.1 Å². The van der Waals surface area contributed by atoms with E-state index < -0.39 is 17.3 Å². The van der Waals surface area contributed by atoms with Crippen LogP contribution >= 0.6 is 0 Å². The van der Waals surface area contributed by atoms with Crippen LogP contribution in [0, 0.1) is 11.3 Å². The van der Waals surface area contributed by atoms with Crippen LogP contribution in [0.4, 0.5) is 5.69 Å². The van der Waals surface area contributed by atoms with Gasteiger partial charge in [0, 0.05) is 12.4 Å². The van der Waals surface area contributed by atoms with E-state index in [1.165, 1.54) is 6.07 Å². The van der Waals surface area contributed by atoms with Gasteiger partial charge in [0.05, 0.1) is 28.4 Å². The normalized spacial score (nSPS) is 11.2. The molecule has 1 amide bonds. The second-order valence-electron chi connectivity index (χ2n) is 9.62. The van der Waals surface area contributed by atoms with E-state index in [4.69, 9.17) is 4.74 Å². The first-order chi connectivity index (χ1) is 17.1. The molecule has 0 saturated heterocycles. The quantitative estimate of drug-likeness (QED) is 0.358. The summed E-state index contributed by atoms with van der Waals surface area (Å²) in [5.74, 6) is -1.04. The molecule has 36 heavy (non-hydrogen) atoms. The van der Waals surface area contributed by atoms with Crippen molar-refractivity contribution in [3.05, 3.63) is 94.7 Å². The third-order valence-electron chi connectivity index (χ3n) is 6.03. The zero-order valence-electron chi connectivity index (χ0n) is 20.6. The zero-order chi connectivity index (χ0) is 26.0. The minimum Gasteiger partial charge on any atom is -0.487 e. The van der Waals surface area contributed by atoms with E-state index in [9.17, 15) is 20.0 Å². The number of para-hydroxylation sites is 1. The number of aromatic nitrogens is 1. The van der Waals surface area contributed by atoms with E-state index in [-0.39, 0.29) is 16.8 Å². The van der Waals surface area contributed by atoms with Crippen LogP contribution in [0.25, 0.3) is 10.9 Å². The summed E-state index contributed by atoms with van der Waals surface area (Å²) in [6, 6.07) is 22.1. The Bertz CT molecular complexity index is 1510. The smallest absolute Gasteiger partial charge is 0.337 e. The lowest BCUT2D eigenvalue weighted by Crippen LogP contribution is -2.23. The fourth-order valence-electron chi connectivity index (χ4n) is 4.23. The summed E-state index contributed by atoms with van der Waals surface area (Å²) in [6.45, 7) is 6.09. The van der Waals surface area contributed by atoms with Gasteiger partial charge >= 0.3 is 5.97 Å². The monoisotopic (exact) mass is 481 g/mol. The molecule has 0 bridgehead atoms. The Morgan fingerprint density at radius 2 is 1.78 bits per heavy atom. The third-order valence-corrected chi connectivity index (χ3v) is 6.03. The first-order valence-electron chi connectivity index (χ1n) is 11.5. The van der Waals surface area contributed by atoms with Crippen molar-refractivity contribution >= 4 is 28.5 Å². The Morgan fingerprint density at radius 1 is 1.06 bits per heavy atom. The number of fused-ring (bicyclic) bond motifs is 1. The van der Waals surface area contributed by atoms with Gasteiger partial charge in [0.2, 0.25) is 0 Å². The molecule has 182 valence electrons. The minimum atomic E-state index is -1.22. The van der Waals surface area contributed by atoms with Crippen LogP contribution in [0.15, 0.2) is 66.7 Å². The maximum atomic E-state index is 13.5. The number of carbonyl (C=O) groups excluding carboxylic acids is 1. The van der Waals surface area contributed by atoms with E-state index in [1.54, 1.807) is 23.7 Å². The fraction of sp³-hybridized carbons (Fsp3) is 0.207. The summed E-state index contributed by atoms with van der Waals surface area (Å²) in [5, 5.41) is 22.9. The molecule has 0 aliphatic rings. The molecule has 3 aromatic carbocycles. The lowest BCUT2D eigenvalue weighted by Gasteiger charge is -2.25. The van der Waals surface area contributed by atoms with E-state index in [0.717, 1.165) is 16.5 Å². The lowest BCUT2D eigenvalue weighted by molar-refractivity contribution is 0.0698. The van der Waals surface area contributed by atoms with Gasteiger partial charge in [-0.25, -0.2) is 4.79 Å². The van der Waals surface area contributed by atoms with Crippen LogP contribution in [0.3, 0.4) is 0 Å². The molecule has 0 fully saturated rings. The number of carbonyl (C=O) groups is 2. The van der Waals surface area contributed by atoms with Gasteiger partial charge in [-0.3, -0.25) is 4.79 Å². The molecule has 1 heterocycles. The second-order valence-corrected chi connectivity index (χ2v) is 9.62. The summed E-state index contributed by atoms with van der Waals surface area (Å²) in [6.07, 6.45) is 0. The van der Waals surface area contributed by atoms with E-state index in [0.29, 0.717) is 23.6 Å². The Morgan fingerprint density at radius 3 is 2.42 bits per heavy atom. The average molecular weight is 482 g/mol. The third kappa shape index (κ3) is 4.80. The van der Waals surface area contributed by atoms with Crippen LogP contribution in [0.5, 0.6) is 5.75 Å². The first-order valence-corrected chi connectivity index (χ1v) is 11.5. The highest BCUT2D eigenvalue weighted by Crippen LogP contribution is 2.35. The molecule has 2 N–H and O–H groups in total. The van der Waals surface area contributed by atoms with E-state index in [1.807, 2.05) is 75.4 Å². The maximum absolute atomic E-state index is 13.5. The number of nitrogens with zero attached hydrogens (tertiary/aromatic N) is 2. The molecule has 4 rings (SSSR count). The number of hydrogen-bond donors (Lipinski definition) is 2. The van der Waals surface area contributed by atoms with Gasteiger partial charge in [0.25, 0.3) is 5.91 Å². The number of nitrogens with one attached hydrogen (secondary N) is 1. The Kier molecular flexibility index (Phi) is 6.54. The number of nitriles is 1. The highest BCUT2D eigenvalue weighted by Gasteiger charge is 2.27. The van der Waals surface area contributed by atoms with Gasteiger partial charge in [0.15, 0.2) is 0 Å². The number of carboxylic acid groups (broad SMARTS) is 1. The summed E-state index contributed by atoms with van der Waals surface area (Å²) in [7, 11) is 1.77. The molecular weight excluding hydrogens is 454 g/mol. The molecule has 7 heteroatoms. The Hall–Kier alpha value is -4.57. The van der Waals surface area contributed by atoms with Gasteiger partial charge < -0.3 is 19.7 Å².